The number of nitrogens with two attached hydrogens (primary N) is 1. The fraction of sp³-hybridized carbons (Fsp3) is 0.211. The maximum atomic E-state index is 12.3. The molecule has 0 unspecified atom stereocenters. The Morgan fingerprint density at radius 2 is 2.07 bits per heavy atom. The highest BCUT2D eigenvalue weighted by atomic mass is 35.5. The number of halogens is 1. The first kappa shape index (κ1) is 19.9. The average Bonchev–Trinajstić information content (AvgIpc) is 3.03. The minimum absolute atomic E-state index is 0.295. The minimum Gasteiger partial charge on any atom is -0.453 e. The maximum absolute atomic E-state index is 12.3. The number of fused-ring (bicyclic) bond motifs is 1. The number of benzene rings is 1. The molecular formula is C19H18ClN3O4S. The van der Waals surface area contributed by atoms with E-state index in [1.54, 1.807) is 24.3 Å². The van der Waals surface area contributed by atoms with E-state index in [-0.39, 0.29) is 0 Å². The second kappa shape index (κ2) is 8.45. The number of carbonyl (C=O) groups is 3. The molecule has 1 aromatic heterocycles. The summed E-state index contributed by atoms with van der Waals surface area (Å²) < 4.78 is 4.75. The molecule has 0 atom stereocenters. The topological polar surface area (TPSA) is 102 Å². The Balaban J connectivity index is 1.81. The van der Waals surface area contributed by atoms with Crippen molar-refractivity contribution in [3.8, 4) is 0 Å². The number of nitrogens with one attached hydrogen (secondary N) is 1. The highest BCUT2D eigenvalue weighted by Crippen LogP contribution is 2.37. The van der Waals surface area contributed by atoms with Crippen LogP contribution in [-0.2, 0) is 22.5 Å². The Kier molecular flexibility index (Phi) is 6.01. The van der Waals surface area contributed by atoms with Crippen LogP contribution in [0.5, 0.6) is 0 Å². The van der Waals surface area contributed by atoms with Gasteiger partial charge >= 0.3 is 6.09 Å². The van der Waals surface area contributed by atoms with Gasteiger partial charge < -0.3 is 20.7 Å². The minimum atomic E-state index is -0.616. The maximum Gasteiger partial charge on any atom is 0.409 e. The molecular weight excluding hydrogens is 402 g/mol. The van der Waals surface area contributed by atoms with Gasteiger partial charge in [-0.1, -0.05) is 29.8 Å². The number of ether oxygens (including phenoxy) is 1. The van der Waals surface area contributed by atoms with Crippen molar-refractivity contribution in [1.29, 1.82) is 0 Å². The summed E-state index contributed by atoms with van der Waals surface area (Å²) in [6.45, 7) is 0.717. The predicted octanol–water partition coefficient (Wildman–Crippen LogP) is 3.28. The van der Waals surface area contributed by atoms with Gasteiger partial charge in [0.2, 0.25) is 5.91 Å². The molecule has 28 heavy (non-hydrogen) atoms. The van der Waals surface area contributed by atoms with Crippen molar-refractivity contribution in [1.82, 2.24) is 4.90 Å². The van der Waals surface area contributed by atoms with Gasteiger partial charge in [-0.2, -0.15) is 0 Å². The van der Waals surface area contributed by atoms with Gasteiger partial charge in [-0.3, -0.25) is 9.59 Å². The van der Waals surface area contributed by atoms with E-state index >= 15 is 0 Å². The zero-order valence-electron chi connectivity index (χ0n) is 15.0. The number of anilines is 1. The first-order valence-corrected chi connectivity index (χ1v) is 9.61. The lowest BCUT2D eigenvalue weighted by molar-refractivity contribution is -0.111. The van der Waals surface area contributed by atoms with Gasteiger partial charge in [-0.05, 0) is 29.7 Å². The number of hydrogen-bond acceptors (Lipinski definition) is 5. The number of rotatable bonds is 4. The van der Waals surface area contributed by atoms with Crippen LogP contribution in [0.3, 0.4) is 0 Å². The molecule has 0 radical (unpaired) electrons. The second-order valence-corrected chi connectivity index (χ2v) is 7.57. The highest BCUT2D eigenvalue weighted by Gasteiger charge is 2.29. The molecule has 1 aliphatic heterocycles. The van der Waals surface area contributed by atoms with Crippen LogP contribution in [0.15, 0.2) is 30.3 Å². The van der Waals surface area contributed by atoms with Crippen molar-refractivity contribution >= 4 is 51.9 Å². The monoisotopic (exact) mass is 419 g/mol. The highest BCUT2D eigenvalue weighted by molar-refractivity contribution is 7.17. The Bertz CT molecular complexity index is 970. The number of nitrogens with zero attached hydrogens (tertiary/aromatic N) is 1. The van der Waals surface area contributed by atoms with E-state index in [4.69, 9.17) is 22.1 Å². The third kappa shape index (κ3) is 4.18. The molecule has 0 aliphatic carbocycles. The van der Waals surface area contributed by atoms with Gasteiger partial charge in [0.05, 0.1) is 19.2 Å². The molecule has 3 amide bonds. The van der Waals surface area contributed by atoms with E-state index in [0.717, 1.165) is 10.4 Å². The van der Waals surface area contributed by atoms with Crippen molar-refractivity contribution in [2.24, 2.45) is 5.73 Å². The summed E-state index contributed by atoms with van der Waals surface area (Å²) >= 11 is 7.30. The van der Waals surface area contributed by atoms with E-state index < -0.39 is 17.9 Å². The molecule has 0 saturated carbocycles. The summed E-state index contributed by atoms with van der Waals surface area (Å²) in [6.07, 6.45) is 2.96. The van der Waals surface area contributed by atoms with Crippen LogP contribution in [0, 0.1) is 0 Å². The van der Waals surface area contributed by atoms with Crippen molar-refractivity contribution in [3.63, 3.8) is 0 Å². The summed E-state index contributed by atoms with van der Waals surface area (Å²) in [5, 5.41) is 3.61. The average molecular weight is 420 g/mol. The zero-order chi connectivity index (χ0) is 20.3. The van der Waals surface area contributed by atoms with Gasteiger partial charge in [-0.25, -0.2) is 4.79 Å². The van der Waals surface area contributed by atoms with Gasteiger partial charge in [0.1, 0.15) is 5.00 Å². The molecule has 2 heterocycles. The van der Waals surface area contributed by atoms with Crippen molar-refractivity contribution in [3.05, 3.63) is 56.9 Å². The van der Waals surface area contributed by atoms with Crippen molar-refractivity contribution in [2.75, 3.05) is 19.0 Å². The molecule has 3 rings (SSSR count). The van der Waals surface area contributed by atoms with Crippen LogP contribution >= 0.6 is 22.9 Å². The summed E-state index contributed by atoms with van der Waals surface area (Å²) in [5.41, 5.74) is 7.30. The van der Waals surface area contributed by atoms with Gasteiger partial charge in [-0.15, -0.1) is 11.3 Å². The number of thiophene rings is 1. The molecule has 146 valence electrons. The van der Waals surface area contributed by atoms with Gasteiger partial charge in [0.25, 0.3) is 5.91 Å². The lowest BCUT2D eigenvalue weighted by atomic mass is 10.0. The lowest BCUT2D eigenvalue weighted by Crippen LogP contribution is -2.35. The lowest BCUT2D eigenvalue weighted by Gasteiger charge is -2.25. The van der Waals surface area contributed by atoms with Crippen LogP contribution in [0.1, 0.15) is 26.4 Å². The second-order valence-electron chi connectivity index (χ2n) is 6.06. The normalized spacial score (nSPS) is 13.3. The molecule has 9 heteroatoms. The predicted molar refractivity (Wildman–Crippen MR) is 108 cm³/mol. The number of hydrogen-bond donors (Lipinski definition) is 2. The molecule has 2 aromatic rings. The molecule has 0 fully saturated rings. The number of amides is 3. The Morgan fingerprint density at radius 1 is 1.32 bits per heavy atom. The summed E-state index contributed by atoms with van der Waals surface area (Å²) in [6, 6.07) is 7.12. The SMILES string of the molecule is COC(=O)N1CCc2c(sc(NC(=O)C=Cc3ccccc3Cl)c2C(N)=O)C1. The van der Waals surface area contributed by atoms with Crippen LogP contribution in [-0.4, -0.2) is 36.5 Å². The van der Waals surface area contributed by atoms with E-state index in [0.29, 0.717) is 40.7 Å². The van der Waals surface area contributed by atoms with Gasteiger partial charge in [0, 0.05) is 22.5 Å². The third-order valence-corrected chi connectivity index (χ3v) is 5.77. The third-order valence-electron chi connectivity index (χ3n) is 4.29. The van der Waals surface area contributed by atoms with Crippen LogP contribution in [0.4, 0.5) is 9.80 Å². The number of methoxy groups -OCH3 is 1. The molecule has 1 aromatic carbocycles. The van der Waals surface area contributed by atoms with E-state index in [1.165, 1.54) is 29.4 Å². The van der Waals surface area contributed by atoms with E-state index in [9.17, 15) is 14.4 Å². The van der Waals surface area contributed by atoms with Crippen molar-refractivity contribution < 1.29 is 19.1 Å². The molecule has 7 nitrogen and oxygen atoms in total. The van der Waals surface area contributed by atoms with E-state index in [1.807, 2.05) is 6.07 Å². The largest absolute Gasteiger partial charge is 0.453 e. The fourth-order valence-corrected chi connectivity index (χ4v) is 4.44. The summed E-state index contributed by atoms with van der Waals surface area (Å²) in [4.78, 5) is 38.4. The van der Waals surface area contributed by atoms with Crippen LogP contribution in [0.25, 0.3) is 6.08 Å². The Labute approximate surface area is 170 Å². The number of primary amides is 1. The smallest absolute Gasteiger partial charge is 0.409 e. The fourth-order valence-electron chi connectivity index (χ4n) is 2.97. The molecule has 0 saturated heterocycles. The Morgan fingerprint density at radius 3 is 2.75 bits per heavy atom. The molecule has 3 N–H and O–H groups in total. The molecule has 1 aliphatic rings. The summed E-state index contributed by atoms with van der Waals surface area (Å²) in [7, 11) is 1.32. The van der Waals surface area contributed by atoms with Crippen molar-refractivity contribution in [2.45, 2.75) is 13.0 Å². The molecule has 0 spiro atoms. The van der Waals surface area contributed by atoms with E-state index in [2.05, 4.69) is 5.32 Å². The molecule has 0 bridgehead atoms. The quantitative estimate of drug-likeness (QED) is 0.742. The standard InChI is InChI=1S/C19H18ClN3O4S/c1-27-19(26)23-9-8-12-14(10-23)28-18(16(12)17(21)25)22-15(24)7-6-11-4-2-3-5-13(11)20/h2-7H,8-10H2,1H3,(H2,21,25)(H,22,24). The van der Waals surface area contributed by atoms with Crippen LogP contribution in [0.2, 0.25) is 5.02 Å². The first-order valence-electron chi connectivity index (χ1n) is 8.41. The Hall–Kier alpha value is -2.84. The van der Waals surface area contributed by atoms with Crippen LogP contribution < -0.4 is 11.1 Å². The zero-order valence-corrected chi connectivity index (χ0v) is 16.6. The first-order chi connectivity index (χ1) is 13.4. The van der Waals surface area contributed by atoms with Gasteiger partial charge in [0.15, 0.2) is 0 Å². The summed E-state index contributed by atoms with van der Waals surface area (Å²) in [5.74, 6) is -1.03. The number of carbonyl (C=O) groups excluding carboxylic acids is 3.